The fraction of sp³-hybridized carbons (Fsp3) is 0.941. The molecule has 2 atom stereocenters. The molecule has 2 fully saturated rings. The van der Waals surface area contributed by atoms with E-state index in [9.17, 15) is 4.79 Å². The summed E-state index contributed by atoms with van der Waals surface area (Å²) in [5, 5.41) is 0. The van der Waals surface area contributed by atoms with Gasteiger partial charge in [-0.3, -0.25) is 9.69 Å². The van der Waals surface area contributed by atoms with Gasteiger partial charge in [-0.1, -0.05) is 19.3 Å². The summed E-state index contributed by atoms with van der Waals surface area (Å²) in [6, 6.07) is 0.729. The molecule has 1 amide bonds. The number of likely N-dealkylation sites (N-methyl/N-ethyl adjacent to an activating group) is 1. The number of hydrogen-bond acceptors (Lipinski definition) is 4. The zero-order chi connectivity index (χ0) is 15.9. The molecule has 0 aromatic heterocycles. The lowest BCUT2D eigenvalue weighted by Gasteiger charge is -2.40. The molecule has 5 nitrogen and oxygen atoms in total. The van der Waals surface area contributed by atoms with Crippen LogP contribution in [0.5, 0.6) is 0 Å². The van der Waals surface area contributed by atoms with Gasteiger partial charge in [0.25, 0.3) is 0 Å². The highest BCUT2D eigenvalue weighted by molar-refractivity contribution is 5.85. The summed E-state index contributed by atoms with van der Waals surface area (Å²) in [5.74, 6) is 0.281. The fourth-order valence-corrected chi connectivity index (χ4v) is 4.03. The number of rotatable bonds is 6. The smallest absolute Gasteiger partial charge is 0.236 e. The van der Waals surface area contributed by atoms with Crippen LogP contribution in [0.15, 0.2) is 0 Å². The molecular formula is C17H34ClN3O2. The average Bonchev–Trinajstić information content (AvgIpc) is 2.57. The number of likely N-dealkylation sites (tertiary alicyclic amines) is 1. The minimum absolute atomic E-state index is 0. The summed E-state index contributed by atoms with van der Waals surface area (Å²) in [6.45, 7) is 4.95. The van der Waals surface area contributed by atoms with Gasteiger partial charge in [-0.15, -0.1) is 12.4 Å². The van der Waals surface area contributed by atoms with Gasteiger partial charge in [0, 0.05) is 38.8 Å². The van der Waals surface area contributed by atoms with Gasteiger partial charge in [-0.05, 0) is 32.6 Å². The van der Waals surface area contributed by atoms with Crippen LogP contribution in [-0.4, -0.2) is 67.2 Å². The molecule has 1 aliphatic carbocycles. The number of carbonyl (C=O) groups excluding carboxylic acids is 1. The predicted molar refractivity (Wildman–Crippen MR) is 96.0 cm³/mol. The van der Waals surface area contributed by atoms with Gasteiger partial charge in [0.1, 0.15) is 0 Å². The number of nitrogens with zero attached hydrogens (tertiary/aromatic N) is 2. The number of halogens is 1. The zero-order valence-corrected chi connectivity index (χ0v) is 15.5. The third-order valence-corrected chi connectivity index (χ3v) is 5.41. The number of amides is 1. The molecule has 0 aromatic rings. The van der Waals surface area contributed by atoms with Gasteiger partial charge >= 0.3 is 0 Å². The van der Waals surface area contributed by atoms with E-state index in [4.69, 9.17) is 10.5 Å². The van der Waals surface area contributed by atoms with Crippen molar-refractivity contribution in [2.45, 2.75) is 70.1 Å². The fourth-order valence-electron chi connectivity index (χ4n) is 4.03. The summed E-state index contributed by atoms with van der Waals surface area (Å²) in [4.78, 5) is 17.1. The van der Waals surface area contributed by atoms with E-state index in [1.165, 1.54) is 32.1 Å². The van der Waals surface area contributed by atoms with Crippen molar-refractivity contribution in [2.75, 3.05) is 33.3 Å². The lowest BCUT2D eigenvalue weighted by Crippen LogP contribution is -2.53. The van der Waals surface area contributed by atoms with Crippen molar-refractivity contribution in [3.63, 3.8) is 0 Å². The Kier molecular flexibility index (Phi) is 9.44. The van der Waals surface area contributed by atoms with Gasteiger partial charge in [0.05, 0.1) is 12.6 Å². The van der Waals surface area contributed by atoms with Crippen LogP contribution in [-0.2, 0) is 9.53 Å². The normalized spacial score (nSPS) is 26.6. The highest BCUT2D eigenvalue weighted by Gasteiger charge is 2.31. The van der Waals surface area contributed by atoms with Gasteiger partial charge in [-0.2, -0.15) is 0 Å². The van der Waals surface area contributed by atoms with Gasteiger partial charge in [0.2, 0.25) is 5.91 Å². The summed E-state index contributed by atoms with van der Waals surface area (Å²) < 4.78 is 5.46. The largest absolute Gasteiger partial charge is 0.381 e. The van der Waals surface area contributed by atoms with E-state index in [2.05, 4.69) is 16.7 Å². The summed E-state index contributed by atoms with van der Waals surface area (Å²) in [7, 11) is 1.76. The number of piperidine rings is 1. The number of hydrogen-bond donors (Lipinski definition) is 1. The van der Waals surface area contributed by atoms with Gasteiger partial charge in [-0.25, -0.2) is 0 Å². The highest BCUT2D eigenvalue weighted by Crippen LogP contribution is 2.24. The molecule has 0 spiro atoms. The Morgan fingerprint density at radius 1 is 1.26 bits per heavy atom. The summed E-state index contributed by atoms with van der Waals surface area (Å²) >= 11 is 0. The summed E-state index contributed by atoms with van der Waals surface area (Å²) in [5.41, 5.74) is 5.92. The van der Waals surface area contributed by atoms with Crippen LogP contribution >= 0.6 is 12.4 Å². The Morgan fingerprint density at radius 2 is 1.96 bits per heavy atom. The van der Waals surface area contributed by atoms with Crippen molar-refractivity contribution in [1.29, 1.82) is 0 Å². The molecule has 2 aliphatic rings. The Hall–Kier alpha value is -0.360. The molecule has 1 saturated carbocycles. The number of nitrogens with two attached hydrogens (primary N) is 1. The molecule has 2 rings (SSSR count). The van der Waals surface area contributed by atoms with E-state index in [-0.39, 0.29) is 24.4 Å². The highest BCUT2D eigenvalue weighted by atomic mass is 35.5. The van der Waals surface area contributed by atoms with Crippen molar-refractivity contribution < 1.29 is 9.53 Å². The SMILES string of the molecule is CCN(C(=O)CN1CCC(OC)CC1CN)C1CCCCC1.Cl. The zero-order valence-electron chi connectivity index (χ0n) is 14.7. The molecule has 0 bridgehead atoms. The molecule has 1 saturated heterocycles. The molecule has 23 heavy (non-hydrogen) atoms. The molecule has 6 heteroatoms. The second-order valence-electron chi connectivity index (χ2n) is 6.71. The van der Waals surface area contributed by atoms with Crippen LogP contribution in [0.2, 0.25) is 0 Å². The van der Waals surface area contributed by atoms with Crippen LogP contribution in [0.25, 0.3) is 0 Å². The first-order chi connectivity index (χ1) is 10.7. The lowest BCUT2D eigenvalue weighted by atomic mass is 9.94. The van der Waals surface area contributed by atoms with Crippen LogP contribution in [0.1, 0.15) is 51.9 Å². The van der Waals surface area contributed by atoms with Crippen molar-refractivity contribution in [3.05, 3.63) is 0 Å². The third kappa shape index (κ3) is 5.59. The van der Waals surface area contributed by atoms with Crippen LogP contribution in [0.3, 0.4) is 0 Å². The maximum absolute atomic E-state index is 12.8. The van der Waals surface area contributed by atoms with E-state index in [1.54, 1.807) is 7.11 Å². The number of carbonyl (C=O) groups is 1. The lowest BCUT2D eigenvalue weighted by molar-refractivity contribution is -0.136. The maximum Gasteiger partial charge on any atom is 0.236 e. The first kappa shape index (κ1) is 20.7. The first-order valence-electron chi connectivity index (χ1n) is 8.96. The maximum atomic E-state index is 12.8. The average molecular weight is 348 g/mol. The Bertz CT molecular complexity index is 351. The van der Waals surface area contributed by atoms with Crippen molar-refractivity contribution in [1.82, 2.24) is 9.80 Å². The van der Waals surface area contributed by atoms with Gasteiger partial charge < -0.3 is 15.4 Å². The van der Waals surface area contributed by atoms with E-state index in [1.807, 2.05) is 0 Å². The second kappa shape index (κ2) is 10.5. The molecule has 0 aromatic carbocycles. The topological polar surface area (TPSA) is 58.8 Å². The molecular weight excluding hydrogens is 314 g/mol. The summed E-state index contributed by atoms with van der Waals surface area (Å²) in [6.07, 6.45) is 8.42. The Morgan fingerprint density at radius 3 is 2.52 bits per heavy atom. The minimum Gasteiger partial charge on any atom is -0.381 e. The second-order valence-corrected chi connectivity index (χ2v) is 6.71. The van der Waals surface area contributed by atoms with Gasteiger partial charge in [0.15, 0.2) is 0 Å². The van der Waals surface area contributed by atoms with Crippen molar-refractivity contribution >= 4 is 18.3 Å². The third-order valence-electron chi connectivity index (χ3n) is 5.41. The predicted octanol–water partition coefficient (Wildman–Crippen LogP) is 2.03. The molecule has 2 unspecified atom stereocenters. The van der Waals surface area contributed by atoms with Crippen LogP contribution < -0.4 is 5.73 Å². The molecule has 1 aliphatic heterocycles. The van der Waals surface area contributed by atoms with E-state index < -0.39 is 0 Å². The molecule has 1 heterocycles. The molecule has 2 N–H and O–H groups in total. The Balaban J connectivity index is 0.00000264. The standard InChI is InChI=1S/C17H33N3O2.ClH/c1-3-20(14-7-5-4-6-8-14)17(21)13-19-10-9-16(22-2)11-15(19)12-18;/h14-16H,3-13,18H2,1-2H3;1H. The van der Waals surface area contributed by atoms with Crippen molar-refractivity contribution in [3.8, 4) is 0 Å². The molecule has 136 valence electrons. The van der Waals surface area contributed by atoms with E-state index in [0.29, 0.717) is 25.2 Å². The quantitative estimate of drug-likeness (QED) is 0.798. The minimum atomic E-state index is 0. The number of methoxy groups -OCH3 is 1. The van der Waals surface area contributed by atoms with Crippen LogP contribution in [0.4, 0.5) is 0 Å². The molecule has 0 radical (unpaired) electrons. The van der Waals surface area contributed by atoms with E-state index >= 15 is 0 Å². The van der Waals surface area contributed by atoms with E-state index in [0.717, 1.165) is 25.9 Å². The first-order valence-corrected chi connectivity index (χ1v) is 8.96. The van der Waals surface area contributed by atoms with Crippen LogP contribution in [0, 0.1) is 0 Å². The van der Waals surface area contributed by atoms with Crippen molar-refractivity contribution in [2.24, 2.45) is 5.73 Å². The monoisotopic (exact) mass is 347 g/mol. The Labute approximate surface area is 147 Å². The number of ether oxygens (including phenoxy) is 1.